The van der Waals surface area contributed by atoms with Crippen molar-refractivity contribution in [1.29, 1.82) is 0 Å². The van der Waals surface area contributed by atoms with Crippen molar-refractivity contribution in [2.24, 2.45) is 0 Å². The molecule has 0 saturated carbocycles. The number of nitrogens with one attached hydrogen (secondary N) is 1. The van der Waals surface area contributed by atoms with Crippen LogP contribution in [0.5, 0.6) is 5.75 Å². The van der Waals surface area contributed by atoms with Crippen LogP contribution < -0.4 is 10.1 Å². The predicted octanol–water partition coefficient (Wildman–Crippen LogP) is 9.30. The zero-order valence-corrected chi connectivity index (χ0v) is 24.3. The second-order valence-electron chi connectivity index (χ2n) is 10.3. The number of hydrogen-bond acceptors (Lipinski definition) is 4. The summed E-state index contributed by atoms with van der Waals surface area (Å²) in [6.45, 7) is 5.10. The van der Waals surface area contributed by atoms with Gasteiger partial charge in [-0.15, -0.1) is 11.3 Å². The molecule has 3 aromatic rings. The molecule has 2 aromatic carbocycles. The molecule has 1 amide bonds. The maximum Gasteiger partial charge on any atom is 0.228 e. The third-order valence-electron chi connectivity index (χ3n) is 6.79. The van der Waals surface area contributed by atoms with Gasteiger partial charge in [-0.2, -0.15) is 0 Å². The van der Waals surface area contributed by atoms with E-state index in [1.165, 1.54) is 75.5 Å². The molecule has 0 bridgehead atoms. The molecule has 0 aliphatic rings. The molecule has 1 aromatic heterocycles. The smallest absolute Gasteiger partial charge is 0.228 e. The molecule has 0 saturated heterocycles. The van der Waals surface area contributed by atoms with Gasteiger partial charge in [0.05, 0.1) is 18.0 Å². The average Bonchev–Trinajstić information content (AvgIpc) is 3.32. The number of aryl methyl sites for hydroxylation is 1. The molecule has 0 aliphatic carbocycles. The first-order chi connectivity index (χ1) is 18.6. The molecule has 0 atom stereocenters. The van der Waals surface area contributed by atoms with E-state index in [0.29, 0.717) is 6.42 Å². The van der Waals surface area contributed by atoms with E-state index in [4.69, 9.17) is 4.74 Å². The largest absolute Gasteiger partial charge is 0.494 e. The summed E-state index contributed by atoms with van der Waals surface area (Å²) in [4.78, 5) is 18.2. The minimum Gasteiger partial charge on any atom is -0.494 e. The van der Waals surface area contributed by atoms with E-state index in [-0.39, 0.29) is 5.91 Å². The van der Waals surface area contributed by atoms with E-state index >= 15 is 0 Å². The van der Waals surface area contributed by atoms with Crippen LogP contribution in [0.3, 0.4) is 0 Å². The molecule has 4 nitrogen and oxygen atoms in total. The molecular formula is C33H46N2O2S. The molecule has 0 fully saturated rings. The highest BCUT2D eigenvalue weighted by atomic mass is 32.1. The lowest BCUT2D eigenvalue weighted by atomic mass is 10.1. The average molecular weight is 535 g/mol. The van der Waals surface area contributed by atoms with Crippen molar-refractivity contribution < 1.29 is 9.53 Å². The lowest BCUT2D eigenvalue weighted by Gasteiger charge is -2.09. The molecule has 1 heterocycles. The number of aromatic nitrogens is 1. The number of thiazole rings is 1. The van der Waals surface area contributed by atoms with Crippen LogP contribution in [0.15, 0.2) is 54.7 Å². The summed E-state index contributed by atoms with van der Waals surface area (Å²) in [6.07, 6.45) is 19.2. The molecule has 0 unspecified atom stereocenters. The van der Waals surface area contributed by atoms with Crippen LogP contribution in [0, 0.1) is 6.92 Å². The van der Waals surface area contributed by atoms with Gasteiger partial charge in [0.25, 0.3) is 0 Å². The van der Waals surface area contributed by atoms with Gasteiger partial charge in [0, 0.05) is 23.2 Å². The van der Waals surface area contributed by atoms with Crippen molar-refractivity contribution in [2.75, 3.05) is 11.9 Å². The van der Waals surface area contributed by atoms with Crippen LogP contribution >= 0.6 is 11.3 Å². The summed E-state index contributed by atoms with van der Waals surface area (Å²) in [7, 11) is 0. The van der Waals surface area contributed by atoms with Crippen molar-refractivity contribution in [1.82, 2.24) is 4.98 Å². The van der Waals surface area contributed by atoms with Crippen molar-refractivity contribution in [3.05, 3.63) is 75.7 Å². The van der Waals surface area contributed by atoms with Crippen LogP contribution in [0.2, 0.25) is 0 Å². The summed E-state index contributed by atoms with van der Waals surface area (Å²) >= 11 is 1.71. The van der Waals surface area contributed by atoms with Crippen LogP contribution in [0.1, 0.15) is 105 Å². The van der Waals surface area contributed by atoms with Gasteiger partial charge < -0.3 is 10.1 Å². The van der Waals surface area contributed by atoms with Crippen molar-refractivity contribution in [3.8, 4) is 5.75 Å². The number of benzene rings is 2. The van der Waals surface area contributed by atoms with Gasteiger partial charge in [-0.25, -0.2) is 4.98 Å². The van der Waals surface area contributed by atoms with Crippen molar-refractivity contribution in [3.63, 3.8) is 0 Å². The summed E-state index contributed by atoms with van der Waals surface area (Å²) in [5.41, 5.74) is 2.95. The monoisotopic (exact) mass is 534 g/mol. The summed E-state index contributed by atoms with van der Waals surface area (Å²) in [6, 6.07) is 15.9. The number of anilines is 1. The number of nitrogens with zero attached hydrogens (tertiary/aromatic N) is 1. The SMILES string of the molecule is CCCCCCCCCCCCCCOc1ccc(CC(=O)Nc2cccc(Cc3ncc(C)s3)c2)cc1. The maximum absolute atomic E-state index is 12.6. The fourth-order valence-corrected chi connectivity index (χ4v) is 5.47. The van der Waals surface area contributed by atoms with Gasteiger partial charge in [0.15, 0.2) is 0 Å². The Morgan fingerprint density at radius 3 is 2.13 bits per heavy atom. The summed E-state index contributed by atoms with van der Waals surface area (Å²) < 4.78 is 5.91. The Hall–Kier alpha value is -2.66. The standard InChI is InChI=1S/C33H46N2O2S/c1-3-4-5-6-7-8-9-10-11-12-13-14-22-37-31-20-18-28(19-21-31)24-32(36)35-30-17-15-16-29(23-30)25-33-34-26-27(2)38-33/h15-21,23,26H,3-14,22,24-25H2,1-2H3,(H,35,36). The zero-order chi connectivity index (χ0) is 26.8. The molecule has 38 heavy (non-hydrogen) atoms. The highest BCUT2D eigenvalue weighted by Crippen LogP contribution is 2.19. The van der Waals surface area contributed by atoms with Gasteiger partial charge in [-0.3, -0.25) is 4.79 Å². The van der Waals surface area contributed by atoms with Gasteiger partial charge in [-0.05, 0) is 48.7 Å². The molecule has 0 aliphatic heterocycles. The van der Waals surface area contributed by atoms with Crippen LogP contribution in [0.25, 0.3) is 0 Å². The van der Waals surface area contributed by atoms with Gasteiger partial charge >= 0.3 is 0 Å². The van der Waals surface area contributed by atoms with E-state index in [1.54, 1.807) is 11.3 Å². The molecule has 0 spiro atoms. The number of rotatable bonds is 19. The van der Waals surface area contributed by atoms with E-state index in [1.807, 2.05) is 48.7 Å². The predicted molar refractivity (Wildman–Crippen MR) is 161 cm³/mol. The number of unbranched alkanes of at least 4 members (excludes halogenated alkanes) is 11. The first-order valence-electron chi connectivity index (χ1n) is 14.6. The van der Waals surface area contributed by atoms with Crippen molar-refractivity contribution >= 4 is 22.9 Å². The Balaban J connectivity index is 1.25. The second-order valence-corrected chi connectivity index (χ2v) is 11.7. The molecule has 3 rings (SSSR count). The van der Waals surface area contributed by atoms with E-state index in [9.17, 15) is 4.79 Å². The number of amides is 1. The highest BCUT2D eigenvalue weighted by Gasteiger charge is 2.07. The van der Waals surface area contributed by atoms with Crippen LogP contribution in [0.4, 0.5) is 5.69 Å². The number of ether oxygens (including phenoxy) is 1. The lowest BCUT2D eigenvalue weighted by Crippen LogP contribution is -2.14. The Labute approximate surface area is 234 Å². The highest BCUT2D eigenvalue weighted by molar-refractivity contribution is 7.11. The fourth-order valence-electron chi connectivity index (χ4n) is 4.64. The van der Waals surface area contributed by atoms with Crippen LogP contribution in [-0.4, -0.2) is 17.5 Å². The number of carbonyl (C=O) groups excluding carboxylic acids is 1. The Kier molecular flexibility index (Phi) is 14.0. The first kappa shape index (κ1) is 29.9. The minimum atomic E-state index is -0.0163. The maximum atomic E-state index is 12.6. The van der Waals surface area contributed by atoms with E-state index < -0.39 is 0 Å². The second kappa shape index (κ2) is 17.8. The third-order valence-corrected chi connectivity index (χ3v) is 7.70. The Bertz CT molecular complexity index is 1060. The number of hydrogen-bond donors (Lipinski definition) is 1. The lowest BCUT2D eigenvalue weighted by molar-refractivity contribution is -0.115. The van der Waals surface area contributed by atoms with Gasteiger partial charge in [-0.1, -0.05) is 102 Å². The molecule has 0 radical (unpaired) electrons. The Morgan fingerprint density at radius 2 is 1.50 bits per heavy atom. The van der Waals surface area contributed by atoms with Gasteiger partial charge in [0.1, 0.15) is 5.75 Å². The van der Waals surface area contributed by atoms with E-state index in [0.717, 1.165) is 47.0 Å². The van der Waals surface area contributed by atoms with Crippen LogP contribution in [-0.2, 0) is 17.6 Å². The third kappa shape index (κ3) is 12.3. The first-order valence-corrected chi connectivity index (χ1v) is 15.5. The zero-order valence-electron chi connectivity index (χ0n) is 23.5. The molecular weight excluding hydrogens is 488 g/mol. The summed E-state index contributed by atoms with van der Waals surface area (Å²) in [5, 5.41) is 4.12. The normalized spacial score (nSPS) is 11.0. The van der Waals surface area contributed by atoms with E-state index in [2.05, 4.69) is 30.2 Å². The Morgan fingerprint density at radius 1 is 0.842 bits per heavy atom. The quantitative estimate of drug-likeness (QED) is 0.156. The molecule has 1 N–H and O–H groups in total. The summed E-state index contributed by atoms with van der Waals surface area (Å²) in [5.74, 6) is 0.861. The topological polar surface area (TPSA) is 51.2 Å². The number of carbonyl (C=O) groups is 1. The fraction of sp³-hybridized carbons (Fsp3) is 0.515. The molecule has 5 heteroatoms. The minimum absolute atomic E-state index is 0.0163. The van der Waals surface area contributed by atoms with Crippen molar-refractivity contribution in [2.45, 2.75) is 104 Å². The molecule has 206 valence electrons. The van der Waals surface area contributed by atoms with Gasteiger partial charge in [0.2, 0.25) is 5.91 Å².